The molecular formula is C9H14O. The van der Waals surface area contributed by atoms with Gasteiger partial charge in [-0.25, -0.2) is 0 Å². The van der Waals surface area contributed by atoms with Gasteiger partial charge < -0.3 is 4.42 Å². The van der Waals surface area contributed by atoms with Crippen molar-refractivity contribution in [2.75, 3.05) is 0 Å². The summed E-state index contributed by atoms with van der Waals surface area (Å²) in [7, 11) is 0. The predicted molar refractivity (Wildman–Crippen MR) is 42.3 cm³/mol. The number of hydrogen-bond donors (Lipinski definition) is 0. The van der Waals surface area contributed by atoms with E-state index in [0.717, 1.165) is 5.76 Å². The molecule has 10 heavy (non-hydrogen) atoms. The van der Waals surface area contributed by atoms with Gasteiger partial charge in [-0.2, -0.15) is 0 Å². The van der Waals surface area contributed by atoms with Crippen molar-refractivity contribution in [3.05, 3.63) is 23.2 Å². The summed E-state index contributed by atoms with van der Waals surface area (Å²) in [4.78, 5) is 0. The zero-order valence-corrected chi connectivity index (χ0v) is 7.06. The summed E-state index contributed by atoms with van der Waals surface area (Å²) < 4.78 is 5.26. The lowest BCUT2D eigenvalue weighted by molar-refractivity contribution is 0.528. The maximum Gasteiger partial charge on any atom is 0.103 e. The van der Waals surface area contributed by atoms with Crippen LogP contribution in [0.3, 0.4) is 0 Å². The summed E-state index contributed by atoms with van der Waals surface area (Å²) >= 11 is 0. The van der Waals surface area contributed by atoms with Gasteiger partial charge in [0, 0.05) is 0 Å². The molecule has 0 aliphatic carbocycles. The van der Waals surface area contributed by atoms with Gasteiger partial charge in [-0.1, -0.05) is 13.8 Å². The first-order chi connectivity index (χ1) is 4.63. The van der Waals surface area contributed by atoms with Gasteiger partial charge in [0.1, 0.15) is 5.76 Å². The molecule has 0 aliphatic heterocycles. The minimum atomic E-state index is 0.581. The molecule has 1 nitrogen and oxygen atoms in total. The minimum Gasteiger partial charge on any atom is -0.469 e. The van der Waals surface area contributed by atoms with E-state index >= 15 is 0 Å². The van der Waals surface area contributed by atoms with Gasteiger partial charge in [0.05, 0.1) is 6.26 Å². The molecule has 0 unspecified atom stereocenters. The Morgan fingerprint density at radius 3 is 2.10 bits per heavy atom. The molecule has 0 aliphatic rings. The van der Waals surface area contributed by atoms with Crippen molar-refractivity contribution in [2.45, 2.75) is 33.6 Å². The van der Waals surface area contributed by atoms with Crippen LogP contribution in [0.5, 0.6) is 0 Å². The van der Waals surface area contributed by atoms with Crippen LogP contribution in [0.1, 0.15) is 36.7 Å². The molecule has 1 heteroatoms. The van der Waals surface area contributed by atoms with Crippen molar-refractivity contribution in [2.24, 2.45) is 0 Å². The van der Waals surface area contributed by atoms with Crippen LogP contribution in [0, 0.1) is 13.8 Å². The van der Waals surface area contributed by atoms with E-state index in [1.807, 2.05) is 13.2 Å². The maximum absolute atomic E-state index is 5.26. The highest BCUT2D eigenvalue weighted by atomic mass is 16.3. The van der Waals surface area contributed by atoms with Gasteiger partial charge >= 0.3 is 0 Å². The fourth-order valence-electron chi connectivity index (χ4n) is 1.10. The third-order valence-electron chi connectivity index (χ3n) is 1.95. The van der Waals surface area contributed by atoms with Gasteiger partial charge in [-0.05, 0) is 30.9 Å². The Kier molecular flexibility index (Phi) is 1.84. The van der Waals surface area contributed by atoms with Gasteiger partial charge in [0.25, 0.3) is 0 Å². The highest BCUT2D eigenvalue weighted by molar-refractivity contribution is 5.27. The second-order valence-corrected chi connectivity index (χ2v) is 3.03. The van der Waals surface area contributed by atoms with Crippen LogP contribution >= 0.6 is 0 Å². The Labute approximate surface area is 62.1 Å². The minimum absolute atomic E-state index is 0.581. The second kappa shape index (κ2) is 2.49. The van der Waals surface area contributed by atoms with Crippen LogP contribution in [0.25, 0.3) is 0 Å². The molecule has 0 saturated carbocycles. The van der Waals surface area contributed by atoms with Crippen LogP contribution in [0.4, 0.5) is 0 Å². The van der Waals surface area contributed by atoms with Crippen molar-refractivity contribution in [1.29, 1.82) is 0 Å². The van der Waals surface area contributed by atoms with E-state index in [1.165, 1.54) is 11.1 Å². The molecular weight excluding hydrogens is 124 g/mol. The molecule has 1 aromatic heterocycles. The number of hydrogen-bond acceptors (Lipinski definition) is 1. The molecule has 1 heterocycles. The zero-order valence-electron chi connectivity index (χ0n) is 7.06. The highest BCUT2D eigenvalue weighted by Crippen LogP contribution is 2.22. The van der Waals surface area contributed by atoms with E-state index in [9.17, 15) is 0 Å². The SMILES string of the molecule is Cc1occ(C(C)C)c1C. The fourth-order valence-corrected chi connectivity index (χ4v) is 1.10. The van der Waals surface area contributed by atoms with Crippen molar-refractivity contribution in [3.8, 4) is 0 Å². The smallest absolute Gasteiger partial charge is 0.103 e. The van der Waals surface area contributed by atoms with Gasteiger partial charge in [-0.15, -0.1) is 0 Å². The van der Waals surface area contributed by atoms with Crippen LogP contribution in [0.2, 0.25) is 0 Å². The van der Waals surface area contributed by atoms with E-state index in [1.54, 1.807) is 0 Å². The van der Waals surface area contributed by atoms with Crippen LogP contribution in [-0.2, 0) is 0 Å². The summed E-state index contributed by atoms with van der Waals surface area (Å²) in [5, 5.41) is 0. The van der Waals surface area contributed by atoms with Crippen LogP contribution < -0.4 is 0 Å². The van der Waals surface area contributed by atoms with E-state index in [0.29, 0.717) is 5.92 Å². The van der Waals surface area contributed by atoms with Crippen LogP contribution in [0.15, 0.2) is 10.7 Å². The number of rotatable bonds is 1. The fraction of sp³-hybridized carbons (Fsp3) is 0.556. The monoisotopic (exact) mass is 138 g/mol. The summed E-state index contributed by atoms with van der Waals surface area (Å²) in [5.74, 6) is 1.63. The van der Waals surface area contributed by atoms with Crippen molar-refractivity contribution < 1.29 is 4.42 Å². The molecule has 0 fully saturated rings. The maximum atomic E-state index is 5.26. The van der Waals surface area contributed by atoms with Gasteiger partial charge in [-0.3, -0.25) is 0 Å². The summed E-state index contributed by atoms with van der Waals surface area (Å²) in [6.07, 6.45) is 1.86. The molecule has 0 N–H and O–H groups in total. The average molecular weight is 138 g/mol. The largest absolute Gasteiger partial charge is 0.469 e. The van der Waals surface area contributed by atoms with Crippen LogP contribution in [-0.4, -0.2) is 0 Å². The Balaban J connectivity index is 3.05. The van der Waals surface area contributed by atoms with Gasteiger partial charge in [0.2, 0.25) is 0 Å². The molecule has 1 aromatic rings. The Morgan fingerprint density at radius 2 is 1.90 bits per heavy atom. The topological polar surface area (TPSA) is 13.1 Å². The van der Waals surface area contributed by atoms with Crippen molar-refractivity contribution in [1.82, 2.24) is 0 Å². The first-order valence-electron chi connectivity index (χ1n) is 3.67. The molecule has 0 atom stereocenters. The highest BCUT2D eigenvalue weighted by Gasteiger charge is 2.07. The third kappa shape index (κ3) is 1.08. The lowest BCUT2D eigenvalue weighted by Crippen LogP contribution is -1.86. The summed E-state index contributed by atoms with van der Waals surface area (Å²) in [6.45, 7) is 8.46. The zero-order chi connectivity index (χ0) is 7.72. The Bertz CT molecular complexity index is 221. The number of furan rings is 1. The predicted octanol–water partition coefficient (Wildman–Crippen LogP) is 3.02. The quantitative estimate of drug-likeness (QED) is 0.581. The normalized spacial score (nSPS) is 10.9. The summed E-state index contributed by atoms with van der Waals surface area (Å²) in [6, 6.07) is 0. The van der Waals surface area contributed by atoms with Crippen molar-refractivity contribution >= 4 is 0 Å². The lowest BCUT2D eigenvalue weighted by atomic mass is 10.0. The molecule has 56 valence electrons. The van der Waals surface area contributed by atoms with Gasteiger partial charge in [0.15, 0.2) is 0 Å². The first kappa shape index (κ1) is 7.39. The van der Waals surface area contributed by atoms with E-state index in [4.69, 9.17) is 4.42 Å². The molecule has 1 rings (SSSR count). The summed E-state index contributed by atoms with van der Waals surface area (Å²) in [5.41, 5.74) is 2.63. The molecule has 0 bridgehead atoms. The standard InChI is InChI=1S/C9H14O/c1-6(2)9-5-10-8(4)7(9)3/h5-6H,1-4H3. The first-order valence-corrected chi connectivity index (χ1v) is 3.67. The molecule has 0 spiro atoms. The lowest BCUT2D eigenvalue weighted by Gasteiger charge is -2.00. The van der Waals surface area contributed by atoms with E-state index in [2.05, 4.69) is 20.8 Å². The molecule has 0 aromatic carbocycles. The third-order valence-corrected chi connectivity index (χ3v) is 1.95. The number of aryl methyl sites for hydroxylation is 1. The Morgan fingerprint density at radius 1 is 1.30 bits per heavy atom. The van der Waals surface area contributed by atoms with Crippen molar-refractivity contribution in [3.63, 3.8) is 0 Å². The van der Waals surface area contributed by atoms with E-state index < -0.39 is 0 Å². The molecule has 0 radical (unpaired) electrons. The van der Waals surface area contributed by atoms with E-state index in [-0.39, 0.29) is 0 Å². The molecule has 0 amide bonds. The Hall–Kier alpha value is -0.720. The average Bonchev–Trinajstić information content (AvgIpc) is 2.14. The second-order valence-electron chi connectivity index (χ2n) is 3.03. The molecule has 0 saturated heterocycles.